The van der Waals surface area contributed by atoms with E-state index in [1.165, 1.54) is 0 Å². The van der Waals surface area contributed by atoms with Gasteiger partial charge >= 0.3 is 0 Å². The van der Waals surface area contributed by atoms with Crippen LogP contribution in [-0.4, -0.2) is 18.6 Å². The van der Waals surface area contributed by atoms with Gasteiger partial charge in [0.1, 0.15) is 5.75 Å². The summed E-state index contributed by atoms with van der Waals surface area (Å²) in [4.78, 5) is 14.6. The number of para-hydroxylation sites is 2. The van der Waals surface area contributed by atoms with Gasteiger partial charge in [0.15, 0.2) is 6.10 Å². The number of fused-ring (bicyclic) bond motifs is 1. The van der Waals surface area contributed by atoms with Crippen molar-refractivity contribution < 1.29 is 9.53 Å². The van der Waals surface area contributed by atoms with E-state index < -0.39 is 6.10 Å². The van der Waals surface area contributed by atoms with Crippen LogP contribution in [0.4, 0.5) is 5.69 Å². The Morgan fingerprint density at radius 1 is 1.19 bits per heavy atom. The molecule has 1 aliphatic heterocycles. The Hall–Kier alpha value is -2.29. The molecule has 0 unspecified atom stereocenters. The van der Waals surface area contributed by atoms with Crippen molar-refractivity contribution >= 4 is 11.6 Å². The van der Waals surface area contributed by atoms with Gasteiger partial charge in [-0.15, -0.1) is 0 Å². The lowest BCUT2D eigenvalue weighted by Crippen LogP contribution is -2.41. The smallest absolute Gasteiger partial charge is 0.268 e. The summed E-state index contributed by atoms with van der Waals surface area (Å²) in [5, 5.41) is 0. The first-order valence-electron chi connectivity index (χ1n) is 7.32. The van der Waals surface area contributed by atoms with Gasteiger partial charge in [-0.2, -0.15) is 0 Å². The fourth-order valence-electron chi connectivity index (χ4n) is 2.80. The second-order valence-corrected chi connectivity index (χ2v) is 5.29. The normalized spacial score (nSPS) is 16.2. The summed E-state index contributed by atoms with van der Waals surface area (Å²) in [6.45, 7) is 4.65. The Morgan fingerprint density at radius 2 is 1.90 bits per heavy atom. The molecule has 0 fully saturated rings. The molecule has 1 heterocycles. The highest BCUT2D eigenvalue weighted by molar-refractivity contribution is 5.98. The molecule has 0 aliphatic carbocycles. The van der Waals surface area contributed by atoms with Crippen molar-refractivity contribution in [1.29, 1.82) is 0 Å². The lowest BCUT2D eigenvalue weighted by molar-refractivity contribution is -0.124. The van der Waals surface area contributed by atoms with Crippen LogP contribution in [0.15, 0.2) is 48.5 Å². The highest BCUT2D eigenvalue weighted by Crippen LogP contribution is 2.30. The van der Waals surface area contributed by atoms with Crippen LogP contribution >= 0.6 is 0 Å². The molecule has 108 valence electrons. The molecule has 0 aromatic heterocycles. The van der Waals surface area contributed by atoms with Gasteiger partial charge < -0.3 is 9.64 Å². The van der Waals surface area contributed by atoms with E-state index in [9.17, 15) is 4.79 Å². The summed E-state index contributed by atoms with van der Waals surface area (Å²) in [5.41, 5.74) is 3.17. The molecule has 2 aromatic rings. The second kappa shape index (κ2) is 5.60. The maximum Gasteiger partial charge on any atom is 0.268 e. The number of carbonyl (C=O) groups is 1. The van der Waals surface area contributed by atoms with Gasteiger partial charge in [-0.1, -0.05) is 36.4 Å². The second-order valence-electron chi connectivity index (χ2n) is 5.29. The number of likely N-dealkylation sites (N-methyl/N-ethyl adjacent to an activating group) is 1. The van der Waals surface area contributed by atoms with Crippen molar-refractivity contribution in [2.45, 2.75) is 26.4 Å². The molecule has 0 spiro atoms. The van der Waals surface area contributed by atoms with Crippen LogP contribution in [-0.2, 0) is 11.2 Å². The highest BCUT2D eigenvalue weighted by Gasteiger charge is 2.32. The number of benzene rings is 2. The number of hydrogen-bond acceptors (Lipinski definition) is 2. The Bertz CT molecular complexity index is 641. The minimum absolute atomic E-state index is 0.0306. The van der Waals surface area contributed by atoms with Crippen molar-refractivity contribution in [3.8, 4) is 5.75 Å². The number of rotatable bonds is 3. The van der Waals surface area contributed by atoms with Gasteiger partial charge in [-0.05, 0) is 37.1 Å². The van der Waals surface area contributed by atoms with Crippen molar-refractivity contribution in [1.82, 2.24) is 0 Å². The van der Waals surface area contributed by atoms with Gasteiger partial charge in [-0.25, -0.2) is 0 Å². The van der Waals surface area contributed by atoms with E-state index in [4.69, 9.17) is 4.74 Å². The summed E-state index contributed by atoms with van der Waals surface area (Å²) in [6.07, 6.45) is 0.235. The van der Waals surface area contributed by atoms with Gasteiger partial charge in [0.2, 0.25) is 0 Å². The van der Waals surface area contributed by atoms with Crippen molar-refractivity contribution in [3.05, 3.63) is 59.7 Å². The average molecular weight is 281 g/mol. The molecular weight excluding hydrogens is 262 g/mol. The van der Waals surface area contributed by atoms with E-state index in [1.54, 1.807) is 0 Å². The Balaban J connectivity index is 1.84. The molecule has 0 saturated heterocycles. The van der Waals surface area contributed by atoms with Gasteiger partial charge in [0, 0.05) is 18.7 Å². The number of carbonyl (C=O) groups excluding carboxylic acids is 1. The molecule has 0 saturated carbocycles. The van der Waals surface area contributed by atoms with Crippen molar-refractivity contribution in [2.24, 2.45) is 0 Å². The van der Waals surface area contributed by atoms with E-state index in [1.807, 2.05) is 67.3 Å². The summed E-state index contributed by atoms with van der Waals surface area (Å²) >= 11 is 0. The highest BCUT2D eigenvalue weighted by atomic mass is 16.5. The first-order valence-corrected chi connectivity index (χ1v) is 7.32. The molecule has 3 heteroatoms. The quantitative estimate of drug-likeness (QED) is 0.863. The maximum absolute atomic E-state index is 12.8. The summed E-state index contributed by atoms with van der Waals surface area (Å²) in [6, 6.07) is 15.8. The molecule has 3 rings (SSSR count). The monoisotopic (exact) mass is 281 g/mol. The van der Waals surface area contributed by atoms with E-state index >= 15 is 0 Å². The SMILES string of the molecule is CCN(C(=O)[C@H]1Cc2ccccc2O1)c1ccccc1C. The molecule has 2 aromatic carbocycles. The summed E-state index contributed by atoms with van der Waals surface area (Å²) in [5.74, 6) is 0.861. The molecule has 1 amide bonds. The van der Waals surface area contributed by atoms with E-state index in [0.29, 0.717) is 13.0 Å². The first kappa shape index (κ1) is 13.7. The largest absolute Gasteiger partial charge is 0.480 e. The molecule has 0 N–H and O–H groups in total. The molecular formula is C18H19NO2. The number of hydrogen-bond donors (Lipinski definition) is 0. The lowest BCUT2D eigenvalue weighted by atomic mass is 10.1. The minimum atomic E-state index is -0.415. The number of anilines is 1. The fourth-order valence-corrected chi connectivity index (χ4v) is 2.80. The fraction of sp³-hybridized carbons (Fsp3) is 0.278. The molecule has 0 radical (unpaired) electrons. The van der Waals surface area contributed by atoms with Crippen molar-refractivity contribution in [2.75, 3.05) is 11.4 Å². The van der Waals surface area contributed by atoms with Crippen LogP contribution in [0.3, 0.4) is 0 Å². The number of ether oxygens (including phenoxy) is 1. The van der Waals surface area contributed by atoms with Crippen LogP contribution in [0.25, 0.3) is 0 Å². The molecule has 1 atom stereocenters. The van der Waals surface area contributed by atoms with Gasteiger partial charge in [-0.3, -0.25) is 4.79 Å². The Morgan fingerprint density at radius 3 is 2.62 bits per heavy atom. The van der Waals surface area contributed by atoms with Crippen LogP contribution in [0.2, 0.25) is 0 Å². The third kappa shape index (κ3) is 2.51. The third-order valence-electron chi connectivity index (χ3n) is 3.91. The zero-order valence-corrected chi connectivity index (χ0v) is 12.4. The number of amides is 1. The third-order valence-corrected chi connectivity index (χ3v) is 3.91. The maximum atomic E-state index is 12.8. The first-order chi connectivity index (χ1) is 10.2. The van der Waals surface area contributed by atoms with E-state index in [-0.39, 0.29) is 5.91 Å². The summed E-state index contributed by atoms with van der Waals surface area (Å²) in [7, 11) is 0. The van der Waals surface area contributed by atoms with Crippen LogP contribution in [0.1, 0.15) is 18.1 Å². The molecule has 21 heavy (non-hydrogen) atoms. The zero-order chi connectivity index (χ0) is 14.8. The Kier molecular flexibility index (Phi) is 3.65. The van der Waals surface area contributed by atoms with Gasteiger partial charge in [0.25, 0.3) is 5.91 Å². The molecule has 1 aliphatic rings. The molecule has 0 bridgehead atoms. The van der Waals surface area contributed by atoms with Crippen LogP contribution in [0.5, 0.6) is 5.75 Å². The van der Waals surface area contributed by atoms with Gasteiger partial charge in [0.05, 0.1) is 0 Å². The minimum Gasteiger partial charge on any atom is -0.480 e. The van der Waals surface area contributed by atoms with E-state index in [0.717, 1.165) is 22.6 Å². The lowest BCUT2D eigenvalue weighted by Gasteiger charge is -2.25. The molecule has 3 nitrogen and oxygen atoms in total. The summed E-state index contributed by atoms with van der Waals surface area (Å²) < 4.78 is 5.82. The Labute approximate surface area is 125 Å². The topological polar surface area (TPSA) is 29.5 Å². The number of aryl methyl sites for hydroxylation is 1. The predicted octanol–water partition coefficient (Wildman–Crippen LogP) is 3.35. The zero-order valence-electron chi connectivity index (χ0n) is 12.4. The standard InChI is InChI=1S/C18H19NO2/c1-3-19(15-10-6-4-8-13(15)2)18(20)17-12-14-9-5-7-11-16(14)21-17/h4-11,17H,3,12H2,1-2H3/t17-/m1/s1. The van der Waals surface area contributed by atoms with Crippen molar-refractivity contribution in [3.63, 3.8) is 0 Å². The van der Waals surface area contributed by atoms with E-state index in [2.05, 4.69) is 0 Å². The predicted molar refractivity (Wildman–Crippen MR) is 83.8 cm³/mol. The number of nitrogens with zero attached hydrogens (tertiary/aromatic N) is 1. The average Bonchev–Trinajstić information content (AvgIpc) is 2.93. The van der Waals surface area contributed by atoms with Crippen LogP contribution in [0, 0.1) is 6.92 Å². The van der Waals surface area contributed by atoms with Crippen LogP contribution < -0.4 is 9.64 Å².